The van der Waals surface area contributed by atoms with E-state index in [-0.39, 0.29) is 24.0 Å². The molecule has 2 rings (SSSR count). The zero-order chi connectivity index (χ0) is 14.4. The monoisotopic (exact) mass is 424 g/mol. The summed E-state index contributed by atoms with van der Waals surface area (Å²) in [5, 5.41) is 0.596. The first-order valence-corrected chi connectivity index (χ1v) is 7.32. The summed E-state index contributed by atoms with van der Waals surface area (Å²) in [5.74, 6) is 1.85. The molecule has 0 bridgehead atoms. The van der Waals surface area contributed by atoms with Crippen LogP contribution >= 0.6 is 35.6 Å². The van der Waals surface area contributed by atoms with Crippen molar-refractivity contribution in [2.45, 2.75) is 19.8 Å². The molecular weight excluding hydrogens is 403 g/mol. The maximum Gasteiger partial charge on any atom is 0.213 e. The average molecular weight is 425 g/mol. The lowest BCUT2D eigenvalue weighted by molar-refractivity contribution is 0.268. The Labute approximate surface area is 147 Å². The molecule has 5 nitrogen and oxygen atoms in total. The van der Waals surface area contributed by atoms with Crippen LogP contribution in [0.1, 0.15) is 19.8 Å². The molecule has 1 aromatic rings. The predicted molar refractivity (Wildman–Crippen MR) is 96.6 cm³/mol. The van der Waals surface area contributed by atoms with Crippen molar-refractivity contribution in [1.29, 1.82) is 0 Å². The summed E-state index contributed by atoms with van der Waals surface area (Å²) >= 11 is 5.75. The first-order valence-electron chi connectivity index (χ1n) is 6.94. The van der Waals surface area contributed by atoms with Gasteiger partial charge in [0.1, 0.15) is 6.61 Å². The minimum Gasteiger partial charge on any atom is -0.476 e. The van der Waals surface area contributed by atoms with E-state index in [1.165, 1.54) is 12.8 Å². The van der Waals surface area contributed by atoms with Crippen LogP contribution in [0.15, 0.2) is 23.3 Å². The second-order valence-electron chi connectivity index (χ2n) is 5.10. The molecular formula is C14H22ClIN4O. The van der Waals surface area contributed by atoms with E-state index in [9.17, 15) is 0 Å². The van der Waals surface area contributed by atoms with Crippen LogP contribution in [-0.4, -0.2) is 42.1 Å². The predicted octanol–water partition coefficient (Wildman–Crippen LogP) is 2.78. The van der Waals surface area contributed by atoms with Crippen molar-refractivity contribution in [2.24, 2.45) is 16.6 Å². The number of ether oxygens (including phenoxy) is 1. The first kappa shape index (κ1) is 18.3. The van der Waals surface area contributed by atoms with Crippen LogP contribution in [0, 0.1) is 5.92 Å². The molecule has 0 saturated carbocycles. The van der Waals surface area contributed by atoms with Crippen LogP contribution in [-0.2, 0) is 0 Å². The first-order chi connectivity index (χ1) is 9.65. The van der Waals surface area contributed by atoms with Crippen LogP contribution in [0.3, 0.4) is 0 Å². The number of hydrogen-bond acceptors (Lipinski definition) is 3. The van der Waals surface area contributed by atoms with Gasteiger partial charge in [-0.2, -0.15) is 0 Å². The number of nitrogens with zero attached hydrogens (tertiary/aromatic N) is 3. The Morgan fingerprint density at radius 3 is 3.05 bits per heavy atom. The molecule has 0 amide bonds. The molecule has 7 heteroatoms. The number of pyridine rings is 1. The number of likely N-dealkylation sites (tertiary alicyclic amines) is 1. The van der Waals surface area contributed by atoms with E-state index in [2.05, 4.69) is 21.8 Å². The van der Waals surface area contributed by atoms with Gasteiger partial charge in [0.2, 0.25) is 5.88 Å². The summed E-state index contributed by atoms with van der Waals surface area (Å²) in [6, 6.07) is 3.48. The zero-order valence-electron chi connectivity index (χ0n) is 12.2. The Balaban J connectivity index is 0.00000220. The van der Waals surface area contributed by atoms with Crippen LogP contribution < -0.4 is 10.5 Å². The molecule has 1 aliphatic rings. The van der Waals surface area contributed by atoms with Crippen LogP contribution in [0.25, 0.3) is 0 Å². The van der Waals surface area contributed by atoms with E-state index in [4.69, 9.17) is 22.1 Å². The molecule has 1 atom stereocenters. The van der Waals surface area contributed by atoms with Crippen LogP contribution in [0.4, 0.5) is 0 Å². The second kappa shape index (κ2) is 9.30. The number of piperidine rings is 1. The average Bonchev–Trinajstić information content (AvgIpc) is 2.45. The SMILES string of the molecule is CC1CCCN(C(N)=NCCOc2ccc(Cl)cn2)C1.I. The largest absolute Gasteiger partial charge is 0.476 e. The van der Waals surface area contributed by atoms with Gasteiger partial charge >= 0.3 is 0 Å². The Bertz CT molecular complexity index is 455. The molecule has 21 heavy (non-hydrogen) atoms. The standard InChI is InChI=1S/C14H21ClN4O.HI/c1-11-3-2-7-19(10-11)14(16)17-6-8-20-13-5-4-12(15)9-18-13;/h4-5,9,11H,2-3,6-8,10H2,1H3,(H2,16,17);1H. The van der Waals surface area contributed by atoms with Gasteiger partial charge in [0.05, 0.1) is 11.6 Å². The lowest BCUT2D eigenvalue weighted by Gasteiger charge is -2.31. The molecule has 1 unspecified atom stereocenters. The number of guanidine groups is 1. The van der Waals surface area contributed by atoms with Gasteiger partial charge in [-0.15, -0.1) is 24.0 Å². The van der Waals surface area contributed by atoms with Crippen LogP contribution in [0.5, 0.6) is 5.88 Å². The third kappa shape index (κ3) is 6.25. The number of nitrogens with two attached hydrogens (primary N) is 1. The Morgan fingerprint density at radius 2 is 2.38 bits per heavy atom. The fraction of sp³-hybridized carbons (Fsp3) is 0.571. The molecule has 2 heterocycles. The molecule has 0 radical (unpaired) electrons. The summed E-state index contributed by atoms with van der Waals surface area (Å²) in [6.07, 6.45) is 4.02. The molecule has 1 aromatic heterocycles. The highest BCUT2D eigenvalue weighted by atomic mass is 127. The number of aliphatic imine (C=N–C) groups is 1. The topological polar surface area (TPSA) is 63.7 Å². The Morgan fingerprint density at radius 1 is 1.57 bits per heavy atom. The highest BCUT2D eigenvalue weighted by molar-refractivity contribution is 14.0. The molecule has 0 spiro atoms. The van der Waals surface area contributed by atoms with Crippen molar-refractivity contribution in [2.75, 3.05) is 26.2 Å². The van der Waals surface area contributed by atoms with E-state index in [1.54, 1.807) is 18.3 Å². The summed E-state index contributed by atoms with van der Waals surface area (Å²) in [7, 11) is 0. The fourth-order valence-electron chi connectivity index (χ4n) is 2.26. The van der Waals surface area contributed by atoms with E-state index < -0.39 is 0 Å². The summed E-state index contributed by atoms with van der Waals surface area (Å²) < 4.78 is 5.47. The molecule has 0 aromatic carbocycles. The van der Waals surface area contributed by atoms with Gasteiger partial charge in [-0.1, -0.05) is 18.5 Å². The third-order valence-electron chi connectivity index (χ3n) is 3.30. The van der Waals surface area contributed by atoms with Crippen molar-refractivity contribution in [1.82, 2.24) is 9.88 Å². The molecule has 0 aliphatic carbocycles. The molecule has 1 aliphatic heterocycles. The lowest BCUT2D eigenvalue weighted by Crippen LogP contribution is -2.43. The Hall–Kier alpha value is -0.760. The highest BCUT2D eigenvalue weighted by Gasteiger charge is 2.17. The molecule has 1 fully saturated rings. The highest BCUT2D eigenvalue weighted by Crippen LogP contribution is 2.15. The third-order valence-corrected chi connectivity index (χ3v) is 3.52. The quantitative estimate of drug-likeness (QED) is 0.349. The smallest absolute Gasteiger partial charge is 0.213 e. The minimum absolute atomic E-state index is 0. The van der Waals surface area contributed by atoms with Crippen molar-refractivity contribution < 1.29 is 4.74 Å². The minimum atomic E-state index is 0. The molecule has 1 saturated heterocycles. The second-order valence-corrected chi connectivity index (χ2v) is 5.53. The molecule has 118 valence electrons. The van der Waals surface area contributed by atoms with Gasteiger partial charge in [0.15, 0.2) is 5.96 Å². The van der Waals surface area contributed by atoms with Gasteiger partial charge in [-0.25, -0.2) is 9.98 Å². The summed E-state index contributed by atoms with van der Waals surface area (Å²) in [6.45, 7) is 5.22. The van der Waals surface area contributed by atoms with Gasteiger partial charge in [-0.3, -0.25) is 0 Å². The zero-order valence-corrected chi connectivity index (χ0v) is 15.3. The van der Waals surface area contributed by atoms with Crippen molar-refractivity contribution in [3.8, 4) is 5.88 Å². The van der Waals surface area contributed by atoms with Gasteiger partial charge < -0.3 is 15.4 Å². The van der Waals surface area contributed by atoms with Gasteiger partial charge in [0, 0.05) is 25.4 Å². The van der Waals surface area contributed by atoms with Gasteiger partial charge in [-0.05, 0) is 24.8 Å². The number of rotatable bonds is 4. The van der Waals surface area contributed by atoms with E-state index in [0.29, 0.717) is 35.9 Å². The lowest BCUT2D eigenvalue weighted by atomic mass is 10.0. The normalized spacial score (nSPS) is 19.0. The summed E-state index contributed by atoms with van der Waals surface area (Å²) in [5.41, 5.74) is 6.00. The maximum absolute atomic E-state index is 6.00. The fourth-order valence-corrected chi connectivity index (χ4v) is 2.37. The van der Waals surface area contributed by atoms with E-state index >= 15 is 0 Å². The summed E-state index contributed by atoms with van der Waals surface area (Å²) in [4.78, 5) is 10.6. The molecule has 2 N–H and O–H groups in total. The Kier molecular flexibility index (Phi) is 8.10. The van der Waals surface area contributed by atoms with Crippen molar-refractivity contribution in [3.05, 3.63) is 23.4 Å². The van der Waals surface area contributed by atoms with Crippen molar-refractivity contribution >= 4 is 41.5 Å². The van der Waals surface area contributed by atoms with E-state index in [0.717, 1.165) is 13.1 Å². The van der Waals surface area contributed by atoms with Gasteiger partial charge in [0.25, 0.3) is 0 Å². The van der Waals surface area contributed by atoms with Crippen molar-refractivity contribution in [3.63, 3.8) is 0 Å². The number of aromatic nitrogens is 1. The van der Waals surface area contributed by atoms with Crippen LogP contribution in [0.2, 0.25) is 5.02 Å². The maximum atomic E-state index is 6.00. The van der Waals surface area contributed by atoms with E-state index in [1.807, 2.05) is 0 Å². The number of hydrogen-bond donors (Lipinski definition) is 1. The number of halogens is 2.